The van der Waals surface area contributed by atoms with Crippen molar-refractivity contribution in [1.82, 2.24) is 4.31 Å². The van der Waals surface area contributed by atoms with Gasteiger partial charge in [-0.15, -0.1) is 11.8 Å². The normalized spacial score (nSPS) is 19.4. The van der Waals surface area contributed by atoms with Gasteiger partial charge in [0, 0.05) is 35.3 Å². The van der Waals surface area contributed by atoms with Crippen molar-refractivity contribution in [3.05, 3.63) is 48.0 Å². The molecule has 1 saturated heterocycles. The van der Waals surface area contributed by atoms with E-state index in [1.807, 2.05) is 31.2 Å². The summed E-state index contributed by atoms with van der Waals surface area (Å²) in [5, 5.41) is 2.84. The highest BCUT2D eigenvalue weighted by atomic mass is 32.2. The van der Waals surface area contributed by atoms with Gasteiger partial charge in [0.25, 0.3) is 0 Å². The van der Waals surface area contributed by atoms with Crippen molar-refractivity contribution >= 4 is 45.0 Å². The largest absolute Gasteiger partial charge is 0.379 e. The molecule has 2 heterocycles. The van der Waals surface area contributed by atoms with Crippen LogP contribution >= 0.6 is 11.8 Å². The molecule has 0 saturated carbocycles. The Hall–Kier alpha value is -2.40. The lowest BCUT2D eigenvalue weighted by atomic mass is 10.1. The number of morpholine rings is 1. The molecule has 0 radical (unpaired) electrons. The third-order valence-corrected chi connectivity index (χ3v) is 9.17. The van der Waals surface area contributed by atoms with Crippen LogP contribution in [0.25, 0.3) is 0 Å². The van der Waals surface area contributed by atoms with Crippen LogP contribution in [0, 0.1) is 5.92 Å². The average Bonchev–Trinajstić information content (AvgIpc) is 2.96. The van der Waals surface area contributed by atoms with Gasteiger partial charge in [-0.1, -0.05) is 26.0 Å². The Kier molecular flexibility index (Phi) is 7.61. The molecule has 8 nitrogen and oxygen atoms in total. The minimum Gasteiger partial charge on any atom is -0.379 e. The lowest BCUT2D eigenvalue weighted by Crippen LogP contribution is -2.42. The molecule has 0 aromatic heterocycles. The molecule has 1 fully saturated rings. The van der Waals surface area contributed by atoms with Crippen molar-refractivity contribution in [3.63, 3.8) is 0 Å². The maximum absolute atomic E-state index is 13.2. The third-order valence-electron chi connectivity index (χ3n) is 5.95. The van der Waals surface area contributed by atoms with Gasteiger partial charge in [0.05, 0.1) is 23.8 Å². The molecule has 2 aromatic carbocycles. The molecule has 1 N–H and O–H groups in total. The monoisotopic (exact) mass is 503 g/mol. The van der Waals surface area contributed by atoms with E-state index < -0.39 is 10.0 Å². The van der Waals surface area contributed by atoms with Crippen molar-refractivity contribution in [1.29, 1.82) is 0 Å². The Morgan fingerprint density at radius 3 is 2.53 bits per heavy atom. The van der Waals surface area contributed by atoms with Gasteiger partial charge < -0.3 is 15.0 Å². The fraction of sp³-hybridized carbons (Fsp3) is 0.417. The molecule has 0 aliphatic carbocycles. The zero-order chi connectivity index (χ0) is 24.3. The molecular weight excluding hydrogens is 474 g/mol. The molecule has 10 heteroatoms. The summed E-state index contributed by atoms with van der Waals surface area (Å²) in [6.07, 6.45) is 0.901. The maximum Gasteiger partial charge on any atom is 0.244 e. The second kappa shape index (κ2) is 10.5. The Bertz CT molecular complexity index is 1160. The van der Waals surface area contributed by atoms with E-state index in [2.05, 4.69) is 12.2 Å². The van der Waals surface area contributed by atoms with Gasteiger partial charge in [-0.3, -0.25) is 9.59 Å². The first-order valence-electron chi connectivity index (χ1n) is 11.3. The Morgan fingerprint density at radius 1 is 1.15 bits per heavy atom. The van der Waals surface area contributed by atoms with E-state index in [0.717, 1.165) is 16.9 Å². The number of amides is 2. The smallest absolute Gasteiger partial charge is 0.244 e. The molecule has 34 heavy (non-hydrogen) atoms. The number of nitrogens with zero attached hydrogens (tertiary/aromatic N) is 2. The van der Waals surface area contributed by atoms with Crippen LogP contribution in [-0.2, 0) is 30.8 Å². The minimum absolute atomic E-state index is 0.108. The van der Waals surface area contributed by atoms with Gasteiger partial charge in [0.15, 0.2) is 0 Å². The van der Waals surface area contributed by atoms with Gasteiger partial charge in [0.2, 0.25) is 21.8 Å². The summed E-state index contributed by atoms with van der Waals surface area (Å²) in [5.74, 6) is -0.307. The Morgan fingerprint density at radius 2 is 1.85 bits per heavy atom. The van der Waals surface area contributed by atoms with Crippen LogP contribution in [0.15, 0.2) is 52.3 Å². The number of ether oxygens (including phenoxy) is 1. The summed E-state index contributed by atoms with van der Waals surface area (Å²) in [6.45, 7) is 4.94. The van der Waals surface area contributed by atoms with Crippen LogP contribution in [0.4, 0.5) is 11.4 Å². The summed E-state index contributed by atoms with van der Waals surface area (Å²) in [6, 6.07) is 12.4. The van der Waals surface area contributed by atoms with Gasteiger partial charge in [0.1, 0.15) is 6.54 Å². The zero-order valence-corrected chi connectivity index (χ0v) is 21.0. The minimum atomic E-state index is -3.74. The first kappa shape index (κ1) is 24.7. The summed E-state index contributed by atoms with van der Waals surface area (Å²) >= 11 is 1.49. The number of thioether (sulfide) groups is 1. The van der Waals surface area contributed by atoms with Crippen molar-refractivity contribution in [2.24, 2.45) is 5.92 Å². The number of anilines is 2. The van der Waals surface area contributed by atoms with Crippen LogP contribution < -0.4 is 10.2 Å². The fourth-order valence-electron chi connectivity index (χ4n) is 3.93. The third kappa shape index (κ3) is 5.30. The Labute approximate surface area is 204 Å². The molecule has 2 amide bonds. The maximum atomic E-state index is 13.2. The SMILES string of the molecule is CCc1ccc(NC(=O)CN2C(=O)[C@H](C)CSc3ccc(S(=O)(=O)N4CCOCC4)cc32)cc1. The quantitative estimate of drug-likeness (QED) is 0.651. The van der Waals surface area contributed by atoms with Crippen molar-refractivity contribution in [2.75, 3.05) is 48.8 Å². The summed E-state index contributed by atoms with van der Waals surface area (Å²) in [5.41, 5.74) is 2.26. The van der Waals surface area contributed by atoms with Gasteiger partial charge in [-0.25, -0.2) is 8.42 Å². The number of aryl methyl sites for hydroxylation is 1. The highest BCUT2D eigenvalue weighted by molar-refractivity contribution is 7.99. The first-order valence-corrected chi connectivity index (χ1v) is 13.8. The number of sulfonamides is 1. The van der Waals surface area contributed by atoms with Crippen LogP contribution in [0.2, 0.25) is 0 Å². The molecule has 1 atom stereocenters. The topological polar surface area (TPSA) is 96.0 Å². The zero-order valence-electron chi connectivity index (χ0n) is 19.3. The fourth-order valence-corrected chi connectivity index (χ4v) is 6.41. The van der Waals surface area contributed by atoms with Gasteiger partial charge in [-0.2, -0.15) is 4.31 Å². The van der Waals surface area contributed by atoms with Crippen molar-refractivity contribution < 1.29 is 22.7 Å². The number of rotatable bonds is 6. The number of hydrogen-bond donors (Lipinski definition) is 1. The second-order valence-electron chi connectivity index (χ2n) is 8.38. The van der Waals surface area contributed by atoms with E-state index in [1.54, 1.807) is 12.1 Å². The van der Waals surface area contributed by atoms with Crippen LogP contribution in [-0.4, -0.2) is 63.1 Å². The standard InChI is InChI=1S/C24H29N3O5S2/c1-3-18-4-6-19(7-5-18)25-23(28)15-27-21-14-20(34(30,31)26-10-12-32-13-11-26)8-9-22(21)33-16-17(2)24(27)29/h4-9,14,17H,3,10-13,15-16H2,1-2H3,(H,25,28)/t17-/m1/s1. The predicted molar refractivity (Wildman–Crippen MR) is 133 cm³/mol. The van der Waals surface area contributed by atoms with Crippen LogP contribution in [0.3, 0.4) is 0 Å². The number of nitrogens with one attached hydrogen (secondary N) is 1. The van der Waals surface area contributed by atoms with Gasteiger partial charge >= 0.3 is 0 Å². The molecule has 0 unspecified atom stereocenters. The van der Waals surface area contributed by atoms with E-state index in [9.17, 15) is 18.0 Å². The average molecular weight is 504 g/mol. The molecule has 2 aromatic rings. The van der Waals surface area contributed by atoms with E-state index in [1.165, 1.54) is 27.0 Å². The number of hydrogen-bond acceptors (Lipinski definition) is 6. The molecule has 4 rings (SSSR count). The van der Waals surface area contributed by atoms with Crippen molar-refractivity contribution in [2.45, 2.75) is 30.1 Å². The molecule has 2 aliphatic rings. The Balaban J connectivity index is 1.62. The van der Waals surface area contributed by atoms with Crippen molar-refractivity contribution in [3.8, 4) is 0 Å². The van der Waals surface area contributed by atoms with Gasteiger partial charge in [-0.05, 0) is 42.3 Å². The molecule has 182 valence electrons. The van der Waals surface area contributed by atoms with Crippen LogP contribution in [0.5, 0.6) is 0 Å². The first-order chi connectivity index (χ1) is 16.3. The van der Waals surface area contributed by atoms with E-state index in [4.69, 9.17) is 4.74 Å². The number of carbonyl (C=O) groups is 2. The highest BCUT2D eigenvalue weighted by Gasteiger charge is 2.32. The second-order valence-corrected chi connectivity index (χ2v) is 11.4. The number of carbonyl (C=O) groups excluding carboxylic acids is 2. The summed E-state index contributed by atoms with van der Waals surface area (Å²) in [7, 11) is -3.74. The molecule has 2 aliphatic heterocycles. The summed E-state index contributed by atoms with van der Waals surface area (Å²) in [4.78, 5) is 28.4. The number of fused-ring (bicyclic) bond motifs is 1. The summed E-state index contributed by atoms with van der Waals surface area (Å²) < 4.78 is 33.1. The van der Waals surface area contributed by atoms with E-state index in [0.29, 0.717) is 30.3 Å². The molecule has 0 spiro atoms. The predicted octanol–water partition coefficient (Wildman–Crippen LogP) is 2.98. The van der Waals surface area contributed by atoms with Crippen LogP contribution in [0.1, 0.15) is 19.4 Å². The molecular formula is C24H29N3O5S2. The lowest BCUT2D eigenvalue weighted by Gasteiger charge is -2.27. The number of benzene rings is 2. The van der Waals surface area contributed by atoms with E-state index in [-0.39, 0.29) is 42.3 Å². The molecule has 0 bridgehead atoms. The van der Waals surface area contributed by atoms with E-state index >= 15 is 0 Å². The lowest BCUT2D eigenvalue weighted by molar-refractivity contribution is -0.123. The highest BCUT2D eigenvalue weighted by Crippen LogP contribution is 2.38.